The molecule has 0 fully saturated rings. The largest absolute Gasteiger partial charge is 0.396 e. The van der Waals surface area contributed by atoms with E-state index in [1.54, 1.807) is 6.07 Å². The summed E-state index contributed by atoms with van der Waals surface area (Å²) in [6.07, 6.45) is 2.07. The number of aliphatic hydroxyl groups excluding tert-OH is 1. The van der Waals surface area contributed by atoms with Crippen molar-refractivity contribution >= 4 is 23.1 Å². The van der Waals surface area contributed by atoms with E-state index < -0.39 is 0 Å². The number of benzene rings is 1. The molecule has 1 amide bonds. The fourth-order valence-electron chi connectivity index (χ4n) is 1.61. The fourth-order valence-corrected chi connectivity index (χ4v) is 1.89. The molecule has 1 rings (SSSR count). The van der Waals surface area contributed by atoms with E-state index in [1.165, 1.54) is 6.08 Å². The van der Waals surface area contributed by atoms with Gasteiger partial charge in [-0.3, -0.25) is 4.79 Å². The van der Waals surface area contributed by atoms with Crippen molar-refractivity contribution in [1.82, 2.24) is 5.32 Å². The standard InChI is InChI=1S/C14H18ClNO2/c1-10(12-5-3-4-6-13(12)15)9-14(18)16-11(2)7-8-17/h3-6,9,11,17H,7-8H2,1-2H3,(H,16,18)/b10-9-. The number of aliphatic hydroxyl groups is 1. The van der Waals surface area contributed by atoms with Crippen LogP contribution in [0.2, 0.25) is 5.02 Å². The molecular formula is C14H18ClNO2. The summed E-state index contributed by atoms with van der Waals surface area (Å²) in [7, 11) is 0. The van der Waals surface area contributed by atoms with Crippen LogP contribution in [0, 0.1) is 0 Å². The van der Waals surface area contributed by atoms with Crippen LogP contribution < -0.4 is 5.32 Å². The minimum Gasteiger partial charge on any atom is -0.396 e. The molecule has 3 nitrogen and oxygen atoms in total. The molecule has 4 heteroatoms. The maximum absolute atomic E-state index is 11.7. The highest BCUT2D eigenvalue weighted by atomic mass is 35.5. The van der Waals surface area contributed by atoms with E-state index >= 15 is 0 Å². The predicted molar refractivity (Wildman–Crippen MR) is 74.4 cm³/mol. The molecule has 0 radical (unpaired) electrons. The maximum atomic E-state index is 11.7. The van der Waals surface area contributed by atoms with Crippen molar-refractivity contribution in [3.63, 3.8) is 0 Å². The molecule has 2 N–H and O–H groups in total. The molecule has 0 aliphatic carbocycles. The summed E-state index contributed by atoms with van der Waals surface area (Å²) in [6.45, 7) is 3.76. The van der Waals surface area contributed by atoms with E-state index in [9.17, 15) is 4.79 Å². The Balaban J connectivity index is 2.72. The lowest BCUT2D eigenvalue weighted by molar-refractivity contribution is -0.117. The van der Waals surface area contributed by atoms with Crippen molar-refractivity contribution in [2.45, 2.75) is 26.3 Å². The zero-order chi connectivity index (χ0) is 13.5. The lowest BCUT2D eigenvalue weighted by atomic mass is 10.1. The Hall–Kier alpha value is -1.32. The summed E-state index contributed by atoms with van der Waals surface area (Å²) >= 11 is 6.05. The smallest absolute Gasteiger partial charge is 0.244 e. The molecule has 0 bridgehead atoms. The second-order valence-electron chi connectivity index (χ2n) is 4.23. The van der Waals surface area contributed by atoms with Crippen molar-refractivity contribution in [3.05, 3.63) is 40.9 Å². The highest BCUT2D eigenvalue weighted by molar-refractivity contribution is 6.32. The molecule has 18 heavy (non-hydrogen) atoms. The number of amides is 1. The van der Waals surface area contributed by atoms with Crippen LogP contribution in [0.3, 0.4) is 0 Å². The molecule has 0 aliphatic rings. The molecule has 0 aliphatic heterocycles. The number of rotatable bonds is 5. The van der Waals surface area contributed by atoms with Gasteiger partial charge in [0.05, 0.1) is 0 Å². The molecule has 0 aromatic heterocycles. The molecule has 1 aromatic rings. The normalized spacial score (nSPS) is 13.2. The van der Waals surface area contributed by atoms with E-state index in [2.05, 4.69) is 5.32 Å². The third-order valence-corrected chi connectivity index (χ3v) is 2.93. The first-order valence-electron chi connectivity index (χ1n) is 5.89. The molecule has 0 spiro atoms. The van der Waals surface area contributed by atoms with Crippen LogP contribution in [0.1, 0.15) is 25.8 Å². The highest BCUT2D eigenvalue weighted by Crippen LogP contribution is 2.22. The van der Waals surface area contributed by atoms with Gasteiger partial charge >= 0.3 is 0 Å². The third-order valence-electron chi connectivity index (χ3n) is 2.60. The van der Waals surface area contributed by atoms with Crippen LogP contribution in [-0.4, -0.2) is 23.7 Å². The van der Waals surface area contributed by atoms with Crippen molar-refractivity contribution < 1.29 is 9.90 Å². The van der Waals surface area contributed by atoms with Crippen molar-refractivity contribution in [2.75, 3.05) is 6.61 Å². The molecule has 0 saturated carbocycles. The Kier molecular flexibility index (Phi) is 5.89. The van der Waals surface area contributed by atoms with E-state index in [0.29, 0.717) is 11.4 Å². The van der Waals surface area contributed by atoms with Gasteiger partial charge in [-0.2, -0.15) is 0 Å². The minimum absolute atomic E-state index is 0.0437. The van der Waals surface area contributed by atoms with E-state index in [-0.39, 0.29) is 18.6 Å². The average Bonchev–Trinajstić information content (AvgIpc) is 2.29. The number of carbonyl (C=O) groups excluding carboxylic acids is 1. The summed E-state index contributed by atoms with van der Waals surface area (Å²) in [5.74, 6) is -0.173. The first kappa shape index (κ1) is 14.7. The SMILES string of the molecule is C/C(=C/C(=O)NC(C)CCO)c1ccccc1Cl. The van der Waals surface area contributed by atoms with Gasteiger partial charge in [-0.25, -0.2) is 0 Å². The Labute approximate surface area is 112 Å². The highest BCUT2D eigenvalue weighted by Gasteiger charge is 2.06. The Morgan fingerprint density at radius 1 is 1.50 bits per heavy atom. The summed E-state index contributed by atoms with van der Waals surface area (Å²) in [4.78, 5) is 11.7. The van der Waals surface area contributed by atoms with E-state index in [4.69, 9.17) is 16.7 Å². The minimum atomic E-state index is -0.173. The van der Waals surface area contributed by atoms with Gasteiger partial charge < -0.3 is 10.4 Å². The van der Waals surface area contributed by atoms with Crippen molar-refractivity contribution in [1.29, 1.82) is 0 Å². The zero-order valence-corrected chi connectivity index (χ0v) is 11.4. The summed E-state index contributed by atoms with van der Waals surface area (Å²) in [6, 6.07) is 7.35. The van der Waals surface area contributed by atoms with Crippen LogP contribution in [0.15, 0.2) is 30.3 Å². The maximum Gasteiger partial charge on any atom is 0.244 e. The van der Waals surface area contributed by atoms with Crippen LogP contribution in [0.25, 0.3) is 5.57 Å². The first-order valence-corrected chi connectivity index (χ1v) is 6.27. The number of nitrogens with one attached hydrogen (secondary N) is 1. The van der Waals surface area contributed by atoms with Gasteiger partial charge in [-0.1, -0.05) is 29.8 Å². The lowest BCUT2D eigenvalue weighted by Crippen LogP contribution is -2.31. The monoisotopic (exact) mass is 267 g/mol. The summed E-state index contributed by atoms with van der Waals surface area (Å²) < 4.78 is 0. The molecule has 0 heterocycles. The number of carbonyl (C=O) groups is 1. The number of hydrogen-bond acceptors (Lipinski definition) is 2. The number of allylic oxidation sites excluding steroid dienone is 1. The van der Waals surface area contributed by atoms with Gasteiger partial charge in [-0.05, 0) is 37.5 Å². The van der Waals surface area contributed by atoms with Gasteiger partial charge in [0.1, 0.15) is 0 Å². The molecule has 0 saturated heterocycles. The first-order chi connectivity index (χ1) is 8.54. The fraction of sp³-hybridized carbons (Fsp3) is 0.357. The quantitative estimate of drug-likeness (QED) is 0.806. The number of hydrogen-bond donors (Lipinski definition) is 2. The molecule has 1 atom stereocenters. The van der Waals surface area contributed by atoms with E-state index in [1.807, 2.05) is 32.0 Å². The van der Waals surface area contributed by atoms with Crippen LogP contribution in [0.5, 0.6) is 0 Å². The topological polar surface area (TPSA) is 49.3 Å². The van der Waals surface area contributed by atoms with Crippen LogP contribution in [0.4, 0.5) is 0 Å². The zero-order valence-electron chi connectivity index (χ0n) is 10.6. The van der Waals surface area contributed by atoms with Crippen LogP contribution >= 0.6 is 11.6 Å². The van der Waals surface area contributed by atoms with Crippen molar-refractivity contribution in [2.24, 2.45) is 0 Å². The van der Waals surface area contributed by atoms with E-state index in [0.717, 1.165) is 11.1 Å². The predicted octanol–water partition coefficient (Wildman–Crippen LogP) is 2.63. The molecule has 1 unspecified atom stereocenters. The van der Waals surface area contributed by atoms with Gasteiger partial charge in [0.15, 0.2) is 0 Å². The second kappa shape index (κ2) is 7.19. The van der Waals surface area contributed by atoms with Crippen molar-refractivity contribution in [3.8, 4) is 0 Å². The van der Waals surface area contributed by atoms with Crippen LogP contribution in [-0.2, 0) is 4.79 Å². The van der Waals surface area contributed by atoms with Gasteiger partial charge in [0, 0.05) is 23.7 Å². The Morgan fingerprint density at radius 3 is 2.78 bits per heavy atom. The summed E-state index contributed by atoms with van der Waals surface area (Å²) in [5.41, 5.74) is 1.67. The number of halogens is 1. The third kappa shape index (κ3) is 4.51. The second-order valence-corrected chi connectivity index (χ2v) is 4.64. The molecule has 98 valence electrons. The molecule has 1 aromatic carbocycles. The van der Waals surface area contributed by atoms with Gasteiger partial charge in [-0.15, -0.1) is 0 Å². The average molecular weight is 268 g/mol. The van der Waals surface area contributed by atoms with Gasteiger partial charge in [0.2, 0.25) is 5.91 Å². The molecular weight excluding hydrogens is 250 g/mol. The summed E-state index contributed by atoms with van der Waals surface area (Å²) in [5, 5.41) is 12.2. The Bertz CT molecular complexity index is 443. The van der Waals surface area contributed by atoms with Gasteiger partial charge in [0.25, 0.3) is 0 Å². The Morgan fingerprint density at radius 2 is 2.17 bits per heavy atom. The lowest BCUT2D eigenvalue weighted by Gasteiger charge is -2.11.